The number of carbonyl (C=O) groups excluding carboxylic acids is 1. The van der Waals surface area contributed by atoms with Crippen molar-refractivity contribution in [3.05, 3.63) is 47.7 Å². The Hall–Kier alpha value is -2.97. The van der Waals surface area contributed by atoms with Gasteiger partial charge in [0.25, 0.3) is 0 Å². The van der Waals surface area contributed by atoms with Crippen molar-refractivity contribution in [3.8, 4) is 11.3 Å². The van der Waals surface area contributed by atoms with Crippen LogP contribution >= 0.6 is 0 Å². The summed E-state index contributed by atoms with van der Waals surface area (Å²) in [6, 6.07) is 7.43. The summed E-state index contributed by atoms with van der Waals surface area (Å²) in [6.45, 7) is 2.29. The summed E-state index contributed by atoms with van der Waals surface area (Å²) in [4.78, 5) is 24.0. The quantitative estimate of drug-likeness (QED) is 0.757. The lowest BCUT2D eigenvalue weighted by molar-refractivity contribution is -0.138. The molecule has 1 heterocycles. The molecule has 0 aliphatic heterocycles. The normalized spacial score (nSPS) is 11.3. The van der Waals surface area contributed by atoms with Crippen molar-refractivity contribution in [2.45, 2.75) is 26.1 Å². The fourth-order valence-electron chi connectivity index (χ4n) is 2.35. The molecule has 1 aromatic carbocycles. The van der Waals surface area contributed by atoms with Crippen molar-refractivity contribution in [1.29, 1.82) is 0 Å². The number of carboxylic acids is 1. The summed E-state index contributed by atoms with van der Waals surface area (Å²) in [7, 11) is 0. The number of furan rings is 1. The first-order chi connectivity index (χ1) is 12.7. The molecule has 0 radical (unpaired) electrons. The van der Waals surface area contributed by atoms with Crippen molar-refractivity contribution in [2.24, 2.45) is 0 Å². The molecule has 27 heavy (non-hydrogen) atoms. The Labute approximate surface area is 153 Å². The molecule has 6 nitrogen and oxygen atoms in total. The molecule has 1 aromatic heterocycles. The highest BCUT2D eigenvalue weighted by atomic mass is 19.4. The smallest absolute Gasteiger partial charge is 0.416 e. The number of amides is 2. The number of nitrogens with zero attached hydrogens (tertiary/aromatic N) is 1. The van der Waals surface area contributed by atoms with E-state index in [0.717, 1.165) is 12.1 Å². The van der Waals surface area contributed by atoms with Crippen LogP contribution in [0.25, 0.3) is 11.3 Å². The van der Waals surface area contributed by atoms with E-state index < -0.39 is 23.7 Å². The first-order valence-corrected chi connectivity index (χ1v) is 8.21. The second-order valence-electron chi connectivity index (χ2n) is 5.73. The van der Waals surface area contributed by atoms with Crippen LogP contribution in [-0.2, 0) is 17.5 Å². The highest BCUT2D eigenvalue weighted by molar-refractivity contribution is 5.75. The fourth-order valence-corrected chi connectivity index (χ4v) is 2.35. The van der Waals surface area contributed by atoms with Gasteiger partial charge in [-0.05, 0) is 31.2 Å². The average Bonchev–Trinajstić information content (AvgIpc) is 3.07. The zero-order valence-electron chi connectivity index (χ0n) is 14.5. The van der Waals surface area contributed by atoms with Gasteiger partial charge in [0.05, 0.1) is 18.5 Å². The molecule has 2 rings (SSSR count). The van der Waals surface area contributed by atoms with Crippen LogP contribution in [0.5, 0.6) is 0 Å². The van der Waals surface area contributed by atoms with Crippen molar-refractivity contribution in [2.75, 3.05) is 13.1 Å². The Kier molecular flexibility index (Phi) is 6.49. The molecular formula is C18H19F3N2O4. The third-order valence-corrected chi connectivity index (χ3v) is 3.79. The number of aliphatic carboxylic acids is 1. The van der Waals surface area contributed by atoms with E-state index in [1.807, 2.05) is 0 Å². The van der Waals surface area contributed by atoms with E-state index in [2.05, 4.69) is 5.32 Å². The molecule has 0 saturated heterocycles. The van der Waals surface area contributed by atoms with Crippen LogP contribution in [0.1, 0.15) is 24.7 Å². The van der Waals surface area contributed by atoms with E-state index in [1.54, 1.807) is 19.1 Å². The van der Waals surface area contributed by atoms with Crippen LogP contribution in [-0.4, -0.2) is 35.1 Å². The van der Waals surface area contributed by atoms with Gasteiger partial charge in [0.15, 0.2) is 0 Å². The summed E-state index contributed by atoms with van der Waals surface area (Å²) in [5.41, 5.74) is -0.253. The Morgan fingerprint density at radius 1 is 1.15 bits per heavy atom. The second kappa shape index (κ2) is 8.61. The lowest BCUT2D eigenvalue weighted by Gasteiger charge is -2.20. The van der Waals surface area contributed by atoms with Gasteiger partial charge in [0.1, 0.15) is 11.5 Å². The van der Waals surface area contributed by atoms with Gasteiger partial charge in [0.2, 0.25) is 0 Å². The van der Waals surface area contributed by atoms with E-state index in [0.29, 0.717) is 23.6 Å². The summed E-state index contributed by atoms with van der Waals surface area (Å²) in [5.74, 6) is -0.160. The Bertz CT molecular complexity index is 785. The summed E-state index contributed by atoms with van der Waals surface area (Å²) in [6.07, 6.45) is -4.58. The maximum absolute atomic E-state index is 12.6. The molecule has 0 unspecified atom stereocenters. The Morgan fingerprint density at radius 3 is 2.37 bits per heavy atom. The summed E-state index contributed by atoms with van der Waals surface area (Å²) < 4.78 is 43.5. The van der Waals surface area contributed by atoms with E-state index in [4.69, 9.17) is 9.52 Å². The first-order valence-electron chi connectivity index (χ1n) is 8.21. The van der Waals surface area contributed by atoms with E-state index >= 15 is 0 Å². The molecule has 9 heteroatoms. The summed E-state index contributed by atoms with van der Waals surface area (Å²) in [5, 5.41) is 11.1. The van der Waals surface area contributed by atoms with Gasteiger partial charge in [0, 0.05) is 18.7 Å². The maximum Gasteiger partial charge on any atom is 0.416 e. The number of hydrogen-bond acceptors (Lipinski definition) is 3. The van der Waals surface area contributed by atoms with Gasteiger partial charge in [-0.1, -0.05) is 12.1 Å². The number of carboxylic acid groups (broad SMARTS) is 1. The van der Waals surface area contributed by atoms with Gasteiger partial charge >= 0.3 is 18.2 Å². The molecule has 0 saturated carbocycles. The molecule has 0 fully saturated rings. The van der Waals surface area contributed by atoms with E-state index in [1.165, 1.54) is 17.0 Å². The average molecular weight is 384 g/mol. The maximum atomic E-state index is 12.6. The van der Waals surface area contributed by atoms with E-state index in [9.17, 15) is 22.8 Å². The number of hydrogen-bond donors (Lipinski definition) is 2. The lowest BCUT2D eigenvalue weighted by Crippen LogP contribution is -2.40. The van der Waals surface area contributed by atoms with Gasteiger partial charge in [-0.15, -0.1) is 0 Å². The highest BCUT2D eigenvalue weighted by Gasteiger charge is 2.30. The second-order valence-corrected chi connectivity index (χ2v) is 5.73. The number of alkyl halides is 3. The van der Waals surface area contributed by atoms with Gasteiger partial charge in [-0.25, -0.2) is 4.79 Å². The molecule has 2 amide bonds. The number of carbonyl (C=O) groups is 2. The van der Waals surface area contributed by atoms with Crippen molar-refractivity contribution in [3.63, 3.8) is 0 Å². The van der Waals surface area contributed by atoms with Crippen molar-refractivity contribution < 1.29 is 32.3 Å². The molecule has 146 valence electrons. The molecule has 0 aliphatic carbocycles. The Balaban J connectivity index is 2.01. The minimum atomic E-state index is -4.40. The molecule has 2 aromatic rings. The summed E-state index contributed by atoms with van der Waals surface area (Å²) >= 11 is 0. The standard InChI is InChI=1S/C18H19F3N2O4/c1-2-23(17(26)22-10-9-16(24)25)11-14-7-8-15(27-14)12-3-5-13(6-4-12)18(19,20)21/h3-8H,2,9-11H2,1H3,(H,22,26)(H,24,25). The predicted molar refractivity (Wildman–Crippen MR) is 90.9 cm³/mol. The molecular weight excluding hydrogens is 365 g/mol. The van der Waals surface area contributed by atoms with Crippen LogP contribution in [0, 0.1) is 0 Å². The third kappa shape index (κ3) is 5.77. The molecule has 0 atom stereocenters. The highest BCUT2D eigenvalue weighted by Crippen LogP contribution is 2.31. The molecule has 0 aliphatic rings. The van der Waals surface area contributed by atoms with Crippen LogP contribution in [0.15, 0.2) is 40.8 Å². The SMILES string of the molecule is CCN(Cc1ccc(-c2ccc(C(F)(F)F)cc2)o1)C(=O)NCCC(=O)O. The van der Waals surface area contributed by atoms with Gasteiger partial charge in [-0.3, -0.25) is 4.79 Å². The molecule has 0 spiro atoms. The third-order valence-electron chi connectivity index (χ3n) is 3.79. The van der Waals surface area contributed by atoms with Gasteiger partial charge < -0.3 is 19.7 Å². The zero-order chi connectivity index (χ0) is 20.0. The van der Waals surface area contributed by atoms with Crippen LogP contribution in [0.3, 0.4) is 0 Å². The molecule has 0 bridgehead atoms. The minimum absolute atomic E-state index is 0.0135. The van der Waals surface area contributed by atoms with Crippen LogP contribution in [0.2, 0.25) is 0 Å². The minimum Gasteiger partial charge on any atom is -0.481 e. The topological polar surface area (TPSA) is 82.8 Å². The Morgan fingerprint density at radius 2 is 1.81 bits per heavy atom. The number of halogens is 3. The van der Waals surface area contributed by atoms with Crippen molar-refractivity contribution in [1.82, 2.24) is 10.2 Å². The number of urea groups is 1. The first kappa shape index (κ1) is 20.3. The zero-order valence-corrected chi connectivity index (χ0v) is 14.5. The number of nitrogens with one attached hydrogen (secondary N) is 1. The monoisotopic (exact) mass is 384 g/mol. The number of rotatable bonds is 7. The lowest BCUT2D eigenvalue weighted by atomic mass is 10.1. The van der Waals surface area contributed by atoms with E-state index in [-0.39, 0.29) is 19.5 Å². The van der Waals surface area contributed by atoms with Crippen molar-refractivity contribution >= 4 is 12.0 Å². The largest absolute Gasteiger partial charge is 0.481 e. The predicted octanol–water partition coefficient (Wildman–Crippen LogP) is 3.97. The van der Waals surface area contributed by atoms with Crippen LogP contribution in [0.4, 0.5) is 18.0 Å². The fraction of sp³-hybridized carbons (Fsp3) is 0.333. The van der Waals surface area contributed by atoms with Gasteiger partial charge in [-0.2, -0.15) is 13.2 Å². The van der Waals surface area contributed by atoms with Crippen LogP contribution < -0.4 is 5.32 Å². The number of benzene rings is 1. The molecule has 2 N–H and O–H groups in total.